The van der Waals surface area contributed by atoms with Crippen LogP contribution in [0, 0.1) is 0 Å². The molecule has 3 aliphatic heterocycles. The molecule has 1 aromatic rings. The third kappa shape index (κ3) is 2.24. The van der Waals surface area contributed by atoms with E-state index in [1.165, 1.54) is 11.3 Å². The Balaban J connectivity index is 1.89. The van der Waals surface area contributed by atoms with Crippen molar-refractivity contribution in [2.24, 2.45) is 5.10 Å². The molecule has 134 valence electrons. The lowest BCUT2D eigenvalue weighted by atomic mass is 9.84. The van der Waals surface area contributed by atoms with Gasteiger partial charge in [0.1, 0.15) is 0 Å². The Morgan fingerprint density at radius 1 is 1.16 bits per heavy atom. The van der Waals surface area contributed by atoms with Crippen molar-refractivity contribution in [3.05, 3.63) is 40.8 Å². The molecule has 0 radical (unpaired) electrons. The Labute approximate surface area is 149 Å². The van der Waals surface area contributed by atoms with E-state index in [1.54, 1.807) is 11.0 Å². The molecule has 0 amide bonds. The van der Waals surface area contributed by atoms with Crippen LogP contribution in [-0.4, -0.2) is 56.1 Å². The Morgan fingerprint density at radius 2 is 1.84 bits per heavy atom. The van der Waals surface area contributed by atoms with Crippen LogP contribution in [0.3, 0.4) is 0 Å². The maximum atomic E-state index is 14.2. The number of hydrazone groups is 1. The number of morpholine rings is 1. The van der Waals surface area contributed by atoms with Gasteiger partial charge in [0.2, 0.25) is 0 Å². The van der Waals surface area contributed by atoms with Crippen LogP contribution in [-0.2, 0) is 14.7 Å². The second-order valence-corrected chi connectivity index (χ2v) is 9.99. The van der Waals surface area contributed by atoms with E-state index in [9.17, 15) is 4.57 Å². The molecular formula is C18H25N4O2P. The molecule has 1 saturated heterocycles. The summed E-state index contributed by atoms with van der Waals surface area (Å²) >= 11 is 0. The van der Waals surface area contributed by atoms with Crippen molar-refractivity contribution in [1.29, 1.82) is 0 Å². The van der Waals surface area contributed by atoms with Gasteiger partial charge in [0.05, 0.1) is 24.7 Å². The fourth-order valence-corrected chi connectivity index (χ4v) is 7.04. The van der Waals surface area contributed by atoms with Gasteiger partial charge in [-0.15, -0.1) is 0 Å². The third-order valence-corrected chi connectivity index (χ3v) is 8.54. The van der Waals surface area contributed by atoms with Crippen LogP contribution in [0.5, 0.6) is 0 Å². The minimum atomic E-state index is -2.94. The fourth-order valence-electron chi connectivity index (χ4n) is 4.25. The summed E-state index contributed by atoms with van der Waals surface area (Å²) in [6, 6.07) is 8.41. The average molecular weight is 360 g/mol. The maximum Gasteiger partial charge on any atom is 0.287 e. The third-order valence-electron chi connectivity index (χ3n) is 5.53. The highest BCUT2D eigenvalue weighted by Gasteiger charge is 2.49. The summed E-state index contributed by atoms with van der Waals surface area (Å²) < 4.78 is 23.4. The molecule has 25 heavy (non-hydrogen) atoms. The van der Waals surface area contributed by atoms with Crippen molar-refractivity contribution in [3.63, 3.8) is 0 Å². The van der Waals surface area contributed by atoms with Crippen molar-refractivity contribution < 1.29 is 9.30 Å². The van der Waals surface area contributed by atoms with Crippen molar-refractivity contribution >= 4 is 19.3 Å². The van der Waals surface area contributed by atoms with Crippen LogP contribution in [0.2, 0.25) is 0 Å². The van der Waals surface area contributed by atoms with E-state index < -0.39 is 7.44 Å². The van der Waals surface area contributed by atoms with E-state index in [0.717, 1.165) is 11.0 Å². The molecule has 6 nitrogen and oxygen atoms in total. The summed E-state index contributed by atoms with van der Waals surface area (Å²) in [6.45, 7) is 6.96. The van der Waals surface area contributed by atoms with Crippen LogP contribution < -0.4 is 4.90 Å². The summed E-state index contributed by atoms with van der Waals surface area (Å²) in [5.41, 5.74) is 3.29. The summed E-state index contributed by atoms with van der Waals surface area (Å²) in [4.78, 5) is 2.18. The Bertz CT molecular complexity index is 811. The number of hydrogen-bond acceptors (Lipinski definition) is 4. The van der Waals surface area contributed by atoms with E-state index in [1.807, 2.05) is 7.05 Å². The number of benzene rings is 1. The molecule has 0 aromatic heterocycles. The van der Waals surface area contributed by atoms with E-state index in [0.29, 0.717) is 26.3 Å². The standard InChI is InChI=1S/C18H25N4O2P/c1-18(2)14-7-5-6-8-15(14)20(3)17(18)16-13-19-21(4)25(16,23)22-9-11-24-12-10-22/h5-8,13H,9-12H2,1-4H3. The lowest BCUT2D eigenvalue weighted by Crippen LogP contribution is -2.37. The Morgan fingerprint density at radius 3 is 2.52 bits per heavy atom. The monoisotopic (exact) mass is 360 g/mol. The number of rotatable bonds is 1. The zero-order chi connectivity index (χ0) is 17.8. The number of para-hydroxylation sites is 1. The lowest BCUT2D eigenvalue weighted by molar-refractivity contribution is 0.0701. The normalized spacial score (nSPS) is 31.7. The highest BCUT2D eigenvalue weighted by atomic mass is 31.2. The van der Waals surface area contributed by atoms with Crippen molar-refractivity contribution in [2.45, 2.75) is 19.3 Å². The first-order valence-electron chi connectivity index (χ1n) is 8.68. The number of allylic oxidation sites excluding steroid dienone is 2. The highest BCUT2D eigenvalue weighted by molar-refractivity contribution is 7.65. The first kappa shape index (κ1) is 16.8. The number of anilines is 1. The molecule has 0 N–H and O–H groups in total. The van der Waals surface area contributed by atoms with Crippen molar-refractivity contribution in [1.82, 2.24) is 9.45 Å². The summed E-state index contributed by atoms with van der Waals surface area (Å²) in [7, 11) is 0.937. The minimum absolute atomic E-state index is 0.222. The molecule has 3 heterocycles. The number of ether oxygens (including phenoxy) is 1. The zero-order valence-corrected chi connectivity index (χ0v) is 16.2. The number of nitrogens with zero attached hydrogens (tertiary/aromatic N) is 4. The van der Waals surface area contributed by atoms with Gasteiger partial charge in [-0.3, -0.25) is 4.57 Å². The predicted octanol–water partition coefficient (Wildman–Crippen LogP) is 3.08. The van der Waals surface area contributed by atoms with Crippen LogP contribution in [0.15, 0.2) is 40.4 Å². The number of fused-ring (bicyclic) bond motifs is 1. The predicted molar refractivity (Wildman–Crippen MR) is 101 cm³/mol. The molecule has 0 saturated carbocycles. The molecule has 1 unspecified atom stereocenters. The molecule has 7 heteroatoms. The van der Waals surface area contributed by atoms with Crippen molar-refractivity contribution in [3.8, 4) is 0 Å². The first-order chi connectivity index (χ1) is 11.9. The maximum absolute atomic E-state index is 14.2. The van der Waals surface area contributed by atoms with Crippen LogP contribution in [0.4, 0.5) is 5.69 Å². The molecule has 0 bridgehead atoms. The molecule has 0 aliphatic carbocycles. The van der Waals surface area contributed by atoms with Gasteiger partial charge in [0.25, 0.3) is 7.44 Å². The van der Waals surface area contributed by atoms with Crippen LogP contribution >= 0.6 is 7.44 Å². The summed E-state index contributed by atoms with van der Waals surface area (Å²) in [5, 5.41) is 5.28. The van der Waals surface area contributed by atoms with Crippen LogP contribution in [0.25, 0.3) is 0 Å². The van der Waals surface area contributed by atoms with Gasteiger partial charge in [0.15, 0.2) is 0 Å². The van der Waals surface area contributed by atoms with E-state index in [2.05, 4.69) is 59.8 Å². The summed E-state index contributed by atoms with van der Waals surface area (Å²) in [6.07, 6.45) is 1.80. The molecule has 1 atom stereocenters. The number of hydrogen-bond donors (Lipinski definition) is 0. The van der Waals surface area contributed by atoms with Gasteiger partial charge in [-0.25, -0.2) is 9.45 Å². The van der Waals surface area contributed by atoms with Gasteiger partial charge >= 0.3 is 0 Å². The fraction of sp³-hybridized carbons (Fsp3) is 0.500. The van der Waals surface area contributed by atoms with Gasteiger partial charge in [0, 0.05) is 44.0 Å². The topological polar surface area (TPSA) is 48.4 Å². The molecule has 0 spiro atoms. The summed E-state index contributed by atoms with van der Waals surface area (Å²) in [5.74, 6) is 0. The second kappa shape index (κ2) is 5.70. The second-order valence-electron chi connectivity index (χ2n) is 7.28. The van der Waals surface area contributed by atoms with E-state index in [4.69, 9.17) is 4.74 Å². The molecule has 1 aromatic carbocycles. The largest absolute Gasteiger partial charge is 0.379 e. The zero-order valence-electron chi connectivity index (χ0n) is 15.3. The quantitative estimate of drug-likeness (QED) is 0.721. The molecule has 1 fully saturated rings. The minimum Gasteiger partial charge on any atom is -0.379 e. The van der Waals surface area contributed by atoms with Crippen LogP contribution in [0.1, 0.15) is 19.4 Å². The molecule has 4 rings (SSSR count). The first-order valence-corrected chi connectivity index (χ1v) is 10.3. The average Bonchev–Trinajstić information content (AvgIpc) is 3.02. The molecular weight excluding hydrogens is 335 g/mol. The lowest BCUT2D eigenvalue weighted by Gasteiger charge is -2.37. The van der Waals surface area contributed by atoms with E-state index in [-0.39, 0.29) is 5.41 Å². The number of likely N-dealkylation sites (N-methyl/N-ethyl adjacent to an activating group) is 1. The van der Waals surface area contributed by atoms with E-state index >= 15 is 0 Å². The van der Waals surface area contributed by atoms with Gasteiger partial charge in [-0.2, -0.15) is 5.10 Å². The van der Waals surface area contributed by atoms with Crippen molar-refractivity contribution in [2.75, 3.05) is 45.3 Å². The van der Waals surface area contributed by atoms with Gasteiger partial charge < -0.3 is 9.64 Å². The smallest absolute Gasteiger partial charge is 0.287 e. The van der Waals surface area contributed by atoms with Gasteiger partial charge in [-0.05, 0) is 11.6 Å². The SMILES string of the molecule is CN1C(=C2C=NN(C)P2(=O)N2CCOCC2)C(C)(C)c2ccccc21. The Kier molecular flexibility index (Phi) is 3.83. The highest BCUT2D eigenvalue weighted by Crippen LogP contribution is 2.65. The van der Waals surface area contributed by atoms with Gasteiger partial charge in [-0.1, -0.05) is 32.0 Å². The Hall–Kier alpha value is -1.62. The molecule has 3 aliphatic rings.